The van der Waals surface area contributed by atoms with E-state index in [0.29, 0.717) is 11.8 Å². The van der Waals surface area contributed by atoms with Crippen LogP contribution < -0.4 is 0 Å². The first-order valence-corrected chi connectivity index (χ1v) is 4.63. The van der Waals surface area contributed by atoms with Gasteiger partial charge in [-0.05, 0) is 43.9 Å². The second-order valence-electron chi connectivity index (χ2n) is 4.05. The fraction of sp³-hybridized carbons (Fsp3) is 1.00. The molecule has 0 amide bonds. The van der Waals surface area contributed by atoms with Crippen LogP contribution in [0.5, 0.6) is 0 Å². The van der Waals surface area contributed by atoms with Crippen LogP contribution in [0.2, 0.25) is 0 Å². The Hall–Kier alpha value is -0.0800. The largest absolute Gasteiger partial charge is 0.393 e. The normalized spacial score (nSPS) is 50.7. The fourth-order valence-corrected chi connectivity index (χ4v) is 2.56. The molecule has 64 valence electrons. The molecule has 2 heteroatoms. The van der Waals surface area contributed by atoms with Crippen molar-refractivity contribution >= 4 is 0 Å². The Morgan fingerprint density at radius 1 is 0.727 bits per heavy atom. The maximum Gasteiger partial charge on any atom is 0.0568 e. The Morgan fingerprint density at radius 2 is 1.18 bits per heavy atom. The predicted molar refractivity (Wildman–Crippen MR) is 42.1 cm³/mol. The van der Waals surface area contributed by atoms with E-state index < -0.39 is 0 Å². The van der Waals surface area contributed by atoms with E-state index in [1.807, 2.05) is 0 Å². The van der Waals surface area contributed by atoms with Gasteiger partial charge in [-0.25, -0.2) is 0 Å². The lowest BCUT2D eigenvalue weighted by atomic mass is 9.69. The Kier molecular flexibility index (Phi) is 1.90. The number of aliphatic hydroxyl groups excluding tert-OH is 2. The fourth-order valence-electron chi connectivity index (χ4n) is 2.56. The van der Waals surface area contributed by atoms with Gasteiger partial charge in [-0.2, -0.15) is 0 Å². The first kappa shape index (κ1) is 7.56. The molecule has 2 aliphatic rings. The van der Waals surface area contributed by atoms with Gasteiger partial charge in [0.25, 0.3) is 0 Å². The summed E-state index contributed by atoms with van der Waals surface area (Å²) in [5.74, 6) is 0.995. The zero-order valence-corrected chi connectivity index (χ0v) is 6.74. The van der Waals surface area contributed by atoms with Gasteiger partial charge < -0.3 is 10.2 Å². The Labute approximate surface area is 67.2 Å². The minimum absolute atomic E-state index is 0.0706. The summed E-state index contributed by atoms with van der Waals surface area (Å²) in [6.45, 7) is 0. The standard InChI is InChI=1S/C9H16O2/c10-8-3-1-6-5-7(8)2-4-9(6)11/h6-11H,1-5H2/t6-,7-,8-,9-/m1/s1. The molecule has 11 heavy (non-hydrogen) atoms. The molecule has 0 spiro atoms. The average molecular weight is 156 g/mol. The van der Waals surface area contributed by atoms with E-state index in [1.54, 1.807) is 0 Å². The Morgan fingerprint density at radius 3 is 1.64 bits per heavy atom. The van der Waals surface area contributed by atoms with E-state index in [9.17, 15) is 10.2 Å². The van der Waals surface area contributed by atoms with Crippen molar-refractivity contribution in [2.24, 2.45) is 11.8 Å². The summed E-state index contributed by atoms with van der Waals surface area (Å²) in [5, 5.41) is 19.1. The number of hydrogen-bond acceptors (Lipinski definition) is 2. The van der Waals surface area contributed by atoms with Crippen molar-refractivity contribution in [3.05, 3.63) is 0 Å². The molecule has 2 saturated carbocycles. The lowest BCUT2D eigenvalue weighted by molar-refractivity contribution is -0.0381. The molecule has 4 atom stereocenters. The highest BCUT2D eigenvalue weighted by Gasteiger charge is 2.36. The predicted octanol–water partition coefficient (Wildman–Crippen LogP) is 0.918. The summed E-state index contributed by atoms with van der Waals surface area (Å²) in [7, 11) is 0. The molecular formula is C9H16O2. The molecule has 2 fully saturated rings. The van der Waals surface area contributed by atoms with Crippen molar-refractivity contribution in [1.82, 2.24) is 0 Å². The topological polar surface area (TPSA) is 40.5 Å². The molecule has 0 unspecified atom stereocenters. The zero-order valence-electron chi connectivity index (χ0n) is 6.74. The second-order valence-corrected chi connectivity index (χ2v) is 4.05. The molecular weight excluding hydrogens is 140 g/mol. The second kappa shape index (κ2) is 2.76. The maximum absolute atomic E-state index is 9.53. The van der Waals surface area contributed by atoms with E-state index >= 15 is 0 Å². The summed E-state index contributed by atoms with van der Waals surface area (Å²) in [6, 6.07) is 0. The van der Waals surface area contributed by atoms with Gasteiger partial charge >= 0.3 is 0 Å². The van der Waals surface area contributed by atoms with Crippen LogP contribution in [-0.2, 0) is 0 Å². The van der Waals surface area contributed by atoms with Gasteiger partial charge in [0.15, 0.2) is 0 Å². The lowest BCUT2D eigenvalue weighted by Crippen LogP contribution is -2.39. The van der Waals surface area contributed by atoms with Gasteiger partial charge in [0, 0.05) is 0 Å². The smallest absolute Gasteiger partial charge is 0.0568 e. The summed E-state index contributed by atoms with van der Waals surface area (Å²) in [6.07, 6.45) is 4.79. The van der Waals surface area contributed by atoms with Crippen LogP contribution in [0.4, 0.5) is 0 Å². The van der Waals surface area contributed by atoms with Crippen molar-refractivity contribution in [2.75, 3.05) is 0 Å². The quantitative estimate of drug-likeness (QED) is 0.547. The van der Waals surface area contributed by atoms with Crippen molar-refractivity contribution in [2.45, 2.75) is 44.3 Å². The van der Waals surface area contributed by atoms with E-state index in [2.05, 4.69) is 0 Å². The van der Waals surface area contributed by atoms with E-state index in [1.165, 1.54) is 0 Å². The van der Waals surface area contributed by atoms with Crippen molar-refractivity contribution in [3.8, 4) is 0 Å². The van der Waals surface area contributed by atoms with Gasteiger partial charge in [0.1, 0.15) is 0 Å². The molecule has 0 aromatic heterocycles. The summed E-state index contributed by atoms with van der Waals surface area (Å²) >= 11 is 0. The Bertz CT molecular complexity index is 130. The van der Waals surface area contributed by atoms with Crippen LogP contribution in [0.15, 0.2) is 0 Å². The van der Waals surface area contributed by atoms with E-state index in [4.69, 9.17) is 0 Å². The monoisotopic (exact) mass is 156 g/mol. The third kappa shape index (κ3) is 1.30. The molecule has 0 aromatic rings. The highest BCUT2D eigenvalue weighted by molar-refractivity contribution is 4.88. The summed E-state index contributed by atoms with van der Waals surface area (Å²) in [5.41, 5.74) is 0. The summed E-state index contributed by atoms with van der Waals surface area (Å²) in [4.78, 5) is 0. The van der Waals surface area contributed by atoms with Crippen molar-refractivity contribution < 1.29 is 10.2 Å². The molecule has 0 heterocycles. The molecule has 2 nitrogen and oxygen atoms in total. The molecule has 2 N–H and O–H groups in total. The maximum atomic E-state index is 9.53. The van der Waals surface area contributed by atoms with E-state index in [0.717, 1.165) is 32.1 Å². The number of fused-ring (bicyclic) bond motifs is 2. The first-order chi connectivity index (χ1) is 5.27. The van der Waals surface area contributed by atoms with Crippen molar-refractivity contribution in [1.29, 1.82) is 0 Å². The average Bonchev–Trinajstić information content (AvgIpc) is 2.02. The van der Waals surface area contributed by atoms with Crippen LogP contribution in [0.25, 0.3) is 0 Å². The highest BCUT2D eigenvalue weighted by atomic mass is 16.3. The van der Waals surface area contributed by atoms with Crippen LogP contribution >= 0.6 is 0 Å². The van der Waals surface area contributed by atoms with Crippen LogP contribution in [-0.4, -0.2) is 22.4 Å². The molecule has 0 radical (unpaired) electrons. The molecule has 2 bridgehead atoms. The molecule has 2 aliphatic carbocycles. The van der Waals surface area contributed by atoms with Crippen LogP contribution in [0.3, 0.4) is 0 Å². The third-order valence-electron chi connectivity index (χ3n) is 3.36. The molecule has 0 aromatic carbocycles. The zero-order chi connectivity index (χ0) is 7.84. The van der Waals surface area contributed by atoms with Crippen LogP contribution in [0, 0.1) is 11.8 Å². The van der Waals surface area contributed by atoms with Crippen molar-refractivity contribution in [3.63, 3.8) is 0 Å². The molecule has 2 rings (SSSR count). The SMILES string of the molecule is O[C@@H]1CC[C@@H]2C[C@H]1CC[C@H]2O. The minimum atomic E-state index is -0.0706. The molecule has 0 saturated heterocycles. The van der Waals surface area contributed by atoms with Gasteiger partial charge in [0.2, 0.25) is 0 Å². The van der Waals surface area contributed by atoms with Gasteiger partial charge in [-0.3, -0.25) is 0 Å². The number of hydrogen-bond donors (Lipinski definition) is 2. The lowest BCUT2D eigenvalue weighted by Gasteiger charge is -2.40. The Balaban J connectivity index is 2.02. The number of aliphatic hydroxyl groups is 2. The van der Waals surface area contributed by atoms with Gasteiger partial charge in [0.05, 0.1) is 12.2 Å². The van der Waals surface area contributed by atoms with Crippen LogP contribution in [0.1, 0.15) is 32.1 Å². The van der Waals surface area contributed by atoms with E-state index in [-0.39, 0.29) is 12.2 Å². The first-order valence-electron chi connectivity index (χ1n) is 4.63. The van der Waals surface area contributed by atoms with Gasteiger partial charge in [-0.1, -0.05) is 0 Å². The van der Waals surface area contributed by atoms with Gasteiger partial charge in [-0.15, -0.1) is 0 Å². The molecule has 0 aliphatic heterocycles. The minimum Gasteiger partial charge on any atom is -0.393 e. The summed E-state index contributed by atoms with van der Waals surface area (Å²) < 4.78 is 0. The number of rotatable bonds is 0. The highest BCUT2D eigenvalue weighted by Crippen LogP contribution is 2.39. The third-order valence-corrected chi connectivity index (χ3v) is 3.36.